The van der Waals surface area contributed by atoms with Crippen LogP contribution in [-0.4, -0.2) is 18.0 Å². The first-order chi connectivity index (χ1) is 14.0. The molecule has 0 amide bonds. The first kappa shape index (κ1) is 20.5. The number of rotatable bonds is 7. The molecule has 3 aromatic rings. The molecule has 148 valence electrons. The Morgan fingerprint density at radius 1 is 1.10 bits per heavy atom. The minimum atomic E-state index is -0.189. The molecule has 5 heteroatoms. The van der Waals surface area contributed by atoms with Gasteiger partial charge >= 0.3 is 0 Å². The van der Waals surface area contributed by atoms with Crippen molar-refractivity contribution in [3.8, 4) is 17.2 Å². The van der Waals surface area contributed by atoms with Crippen LogP contribution in [0.4, 0.5) is 0 Å². The van der Waals surface area contributed by atoms with Crippen LogP contribution in [0.5, 0.6) is 17.2 Å². The molecule has 0 radical (unpaired) electrons. The Bertz CT molecular complexity index is 1060. The third-order valence-electron chi connectivity index (χ3n) is 4.39. The number of aryl methyl sites for hydroxylation is 1. The zero-order valence-electron chi connectivity index (χ0n) is 16.2. The van der Waals surface area contributed by atoms with Gasteiger partial charge in [0.15, 0.2) is 5.78 Å². The third-order valence-corrected chi connectivity index (χ3v) is 4.81. The van der Waals surface area contributed by atoms with Crippen molar-refractivity contribution < 1.29 is 19.4 Å². The Balaban J connectivity index is 1.75. The summed E-state index contributed by atoms with van der Waals surface area (Å²) in [5.41, 5.74) is 3.06. The van der Waals surface area contributed by atoms with Crippen LogP contribution in [0, 0.1) is 6.92 Å². The number of carbonyl (C=O) groups is 1. The molecule has 0 aromatic heterocycles. The van der Waals surface area contributed by atoms with Gasteiger partial charge in [-0.1, -0.05) is 35.9 Å². The lowest BCUT2D eigenvalue weighted by Crippen LogP contribution is -2.00. The molecule has 4 nitrogen and oxygen atoms in total. The predicted octanol–water partition coefficient (Wildman–Crippen LogP) is 5.84. The number of carbonyl (C=O) groups excluding carboxylic acids is 1. The molecule has 0 saturated heterocycles. The zero-order chi connectivity index (χ0) is 20.8. The standard InChI is InChI=1S/C24H21ClO4/c1-16-12-21(8-9-22(16)25)29-15-19-13-17(7-11-24(19)28-2)6-10-23(27)18-4-3-5-20(26)14-18/h3-14,26H,15H2,1-2H3/b10-6+. The van der Waals surface area contributed by atoms with E-state index >= 15 is 0 Å². The van der Waals surface area contributed by atoms with Gasteiger partial charge in [-0.15, -0.1) is 0 Å². The van der Waals surface area contributed by atoms with Gasteiger partial charge in [-0.2, -0.15) is 0 Å². The maximum Gasteiger partial charge on any atom is 0.185 e. The Morgan fingerprint density at radius 3 is 2.66 bits per heavy atom. The maximum atomic E-state index is 12.3. The zero-order valence-corrected chi connectivity index (χ0v) is 16.9. The lowest BCUT2D eigenvalue weighted by atomic mass is 10.1. The van der Waals surface area contributed by atoms with Crippen molar-refractivity contribution in [2.24, 2.45) is 0 Å². The molecule has 0 bridgehead atoms. The smallest absolute Gasteiger partial charge is 0.185 e. The van der Waals surface area contributed by atoms with E-state index in [9.17, 15) is 9.90 Å². The number of allylic oxidation sites excluding steroid dienone is 1. The van der Waals surface area contributed by atoms with Crippen molar-refractivity contribution in [3.05, 3.63) is 94.0 Å². The molecule has 3 aromatic carbocycles. The fourth-order valence-electron chi connectivity index (χ4n) is 2.81. The van der Waals surface area contributed by atoms with Gasteiger partial charge in [0.25, 0.3) is 0 Å². The molecule has 3 rings (SSSR count). The second kappa shape index (κ2) is 9.30. The van der Waals surface area contributed by atoms with Crippen molar-refractivity contribution in [2.75, 3.05) is 7.11 Å². The van der Waals surface area contributed by atoms with Gasteiger partial charge in [0.1, 0.15) is 23.9 Å². The number of ketones is 1. The first-order valence-corrected chi connectivity index (χ1v) is 9.41. The number of aromatic hydroxyl groups is 1. The van der Waals surface area contributed by atoms with Crippen LogP contribution >= 0.6 is 11.6 Å². The fourth-order valence-corrected chi connectivity index (χ4v) is 2.93. The van der Waals surface area contributed by atoms with E-state index in [1.165, 1.54) is 18.2 Å². The van der Waals surface area contributed by atoms with Crippen LogP contribution in [0.1, 0.15) is 27.0 Å². The Morgan fingerprint density at radius 2 is 1.93 bits per heavy atom. The quantitative estimate of drug-likeness (QED) is 0.394. The van der Waals surface area contributed by atoms with Crippen LogP contribution in [0.15, 0.2) is 66.7 Å². The molecular weight excluding hydrogens is 388 g/mol. The highest BCUT2D eigenvalue weighted by molar-refractivity contribution is 6.31. The van der Waals surface area contributed by atoms with Crippen molar-refractivity contribution >= 4 is 23.5 Å². The maximum absolute atomic E-state index is 12.3. The van der Waals surface area contributed by atoms with Crippen LogP contribution in [0.25, 0.3) is 6.08 Å². The second-order valence-electron chi connectivity index (χ2n) is 6.52. The highest BCUT2D eigenvalue weighted by Gasteiger charge is 2.07. The minimum absolute atomic E-state index is 0.0607. The van der Waals surface area contributed by atoms with Gasteiger partial charge in [-0.25, -0.2) is 0 Å². The van der Waals surface area contributed by atoms with Crippen LogP contribution in [-0.2, 0) is 6.61 Å². The molecule has 29 heavy (non-hydrogen) atoms. The molecule has 0 unspecified atom stereocenters. The molecule has 0 heterocycles. The molecule has 0 fully saturated rings. The fraction of sp³-hybridized carbons (Fsp3) is 0.125. The van der Waals surface area contributed by atoms with Crippen molar-refractivity contribution in [3.63, 3.8) is 0 Å². The Kier molecular flexibility index (Phi) is 6.57. The average Bonchev–Trinajstić information content (AvgIpc) is 2.73. The van der Waals surface area contributed by atoms with E-state index in [4.69, 9.17) is 21.1 Å². The number of benzene rings is 3. The molecule has 0 spiro atoms. The number of methoxy groups -OCH3 is 1. The lowest BCUT2D eigenvalue weighted by molar-refractivity contribution is 0.104. The van der Waals surface area contributed by atoms with E-state index in [-0.39, 0.29) is 11.5 Å². The predicted molar refractivity (Wildman–Crippen MR) is 115 cm³/mol. The topological polar surface area (TPSA) is 55.8 Å². The van der Waals surface area contributed by atoms with Gasteiger partial charge in [-0.05, 0) is 66.6 Å². The lowest BCUT2D eigenvalue weighted by Gasteiger charge is -2.12. The highest BCUT2D eigenvalue weighted by Crippen LogP contribution is 2.25. The van der Waals surface area contributed by atoms with E-state index in [2.05, 4.69) is 0 Å². The minimum Gasteiger partial charge on any atom is -0.508 e. The normalized spacial score (nSPS) is 10.9. The molecular formula is C24H21ClO4. The first-order valence-electron chi connectivity index (χ1n) is 9.03. The Hall–Kier alpha value is -3.24. The third kappa shape index (κ3) is 5.39. The SMILES string of the molecule is COc1ccc(/C=C/C(=O)c2cccc(O)c2)cc1COc1ccc(Cl)c(C)c1. The van der Waals surface area contributed by atoms with Crippen LogP contribution in [0.3, 0.4) is 0 Å². The average molecular weight is 409 g/mol. The number of phenols is 1. The van der Waals surface area contributed by atoms with Crippen molar-refractivity contribution in [2.45, 2.75) is 13.5 Å². The molecule has 1 N–H and O–H groups in total. The van der Waals surface area contributed by atoms with E-state index in [1.807, 2.05) is 37.3 Å². The molecule has 0 aliphatic heterocycles. The summed E-state index contributed by atoms with van der Waals surface area (Å²) in [6.45, 7) is 2.23. The van der Waals surface area contributed by atoms with Crippen LogP contribution in [0.2, 0.25) is 5.02 Å². The summed E-state index contributed by atoms with van der Waals surface area (Å²) in [5, 5.41) is 10.2. The summed E-state index contributed by atoms with van der Waals surface area (Å²) in [4.78, 5) is 12.3. The van der Waals surface area contributed by atoms with Gasteiger partial charge < -0.3 is 14.6 Å². The largest absolute Gasteiger partial charge is 0.508 e. The number of phenolic OH excluding ortho intramolecular Hbond substituents is 1. The van der Waals surface area contributed by atoms with Crippen molar-refractivity contribution in [1.82, 2.24) is 0 Å². The summed E-state index contributed by atoms with van der Waals surface area (Å²) in [6, 6.07) is 17.4. The number of ether oxygens (including phenoxy) is 2. The van der Waals surface area contributed by atoms with E-state index < -0.39 is 0 Å². The van der Waals surface area contributed by atoms with Crippen LogP contribution < -0.4 is 9.47 Å². The van der Waals surface area contributed by atoms with E-state index in [0.29, 0.717) is 28.7 Å². The molecule has 0 aliphatic rings. The second-order valence-corrected chi connectivity index (χ2v) is 6.93. The highest BCUT2D eigenvalue weighted by atomic mass is 35.5. The number of halogens is 1. The Labute approximate surface area is 175 Å². The number of hydrogen-bond donors (Lipinski definition) is 1. The summed E-state index contributed by atoms with van der Waals surface area (Å²) < 4.78 is 11.3. The summed E-state index contributed by atoms with van der Waals surface area (Å²) in [6.07, 6.45) is 3.20. The van der Waals surface area contributed by atoms with E-state index in [0.717, 1.165) is 16.7 Å². The summed E-state index contributed by atoms with van der Waals surface area (Å²) in [7, 11) is 1.60. The summed E-state index contributed by atoms with van der Waals surface area (Å²) in [5.74, 6) is 1.29. The van der Waals surface area contributed by atoms with E-state index in [1.54, 1.807) is 31.4 Å². The summed E-state index contributed by atoms with van der Waals surface area (Å²) >= 11 is 6.05. The van der Waals surface area contributed by atoms with Crippen molar-refractivity contribution in [1.29, 1.82) is 0 Å². The van der Waals surface area contributed by atoms with Gasteiger partial charge in [0.05, 0.1) is 7.11 Å². The molecule has 0 atom stereocenters. The molecule has 0 saturated carbocycles. The number of hydrogen-bond acceptors (Lipinski definition) is 4. The van der Waals surface area contributed by atoms with Gasteiger partial charge in [-0.3, -0.25) is 4.79 Å². The van der Waals surface area contributed by atoms with Gasteiger partial charge in [0, 0.05) is 16.1 Å². The monoisotopic (exact) mass is 408 g/mol. The molecule has 0 aliphatic carbocycles. The van der Waals surface area contributed by atoms with Gasteiger partial charge in [0.2, 0.25) is 0 Å².